The zero-order valence-corrected chi connectivity index (χ0v) is 17.6. The largest absolute Gasteiger partial charge is 0.375 e. The van der Waals surface area contributed by atoms with Crippen molar-refractivity contribution in [1.29, 1.82) is 5.26 Å². The summed E-state index contributed by atoms with van der Waals surface area (Å²) >= 11 is 0. The van der Waals surface area contributed by atoms with E-state index in [4.69, 9.17) is 10.00 Å². The summed E-state index contributed by atoms with van der Waals surface area (Å²) in [6, 6.07) is 19.0. The molecular formula is C25H24N4O2. The average molecular weight is 412 g/mol. The van der Waals surface area contributed by atoms with Gasteiger partial charge in [0.05, 0.1) is 36.2 Å². The number of carbonyl (C=O) groups is 1. The second kappa shape index (κ2) is 8.99. The Bertz CT molecular complexity index is 1120. The number of ether oxygens (including phenoxy) is 1. The van der Waals surface area contributed by atoms with Crippen molar-refractivity contribution in [2.75, 3.05) is 29.9 Å². The van der Waals surface area contributed by atoms with Gasteiger partial charge in [-0.3, -0.25) is 4.79 Å². The van der Waals surface area contributed by atoms with E-state index in [-0.39, 0.29) is 12.0 Å². The standard InChI is InChI=1S/C25H24N4O2/c1-17-16-29(12-13-31-17)24-11-10-21(15-27-24)28-25(30)23-5-3-4-22(18(23)2)20-8-6-19(14-26)7-9-20/h3-11,15,17H,12-13,16H2,1-2H3,(H,28,30)/t17-/m1/s1. The number of morpholine rings is 1. The minimum absolute atomic E-state index is 0.178. The number of anilines is 2. The summed E-state index contributed by atoms with van der Waals surface area (Å²) in [6.07, 6.45) is 1.87. The molecule has 2 heterocycles. The molecule has 156 valence electrons. The molecule has 4 rings (SSSR count). The highest BCUT2D eigenvalue weighted by Gasteiger charge is 2.18. The molecule has 6 heteroatoms. The molecule has 1 atom stereocenters. The zero-order chi connectivity index (χ0) is 21.8. The van der Waals surface area contributed by atoms with E-state index in [9.17, 15) is 4.79 Å². The minimum atomic E-state index is -0.178. The van der Waals surface area contributed by atoms with Crippen LogP contribution in [0.15, 0.2) is 60.8 Å². The van der Waals surface area contributed by atoms with Gasteiger partial charge in [-0.1, -0.05) is 24.3 Å². The third-order valence-electron chi connectivity index (χ3n) is 5.47. The Hall–Kier alpha value is -3.69. The van der Waals surface area contributed by atoms with Crippen molar-refractivity contribution in [3.63, 3.8) is 0 Å². The number of carbonyl (C=O) groups excluding carboxylic acids is 1. The summed E-state index contributed by atoms with van der Waals surface area (Å²) in [7, 11) is 0. The zero-order valence-electron chi connectivity index (χ0n) is 17.6. The summed E-state index contributed by atoms with van der Waals surface area (Å²) in [5.41, 5.74) is 4.68. The maximum absolute atomic E-state index is 12.9. The number of nitrogens with one attached hydrogen (secondary N) is 1. The van der Waals surface area contributed by atoms with E-state index in [2.05, 4.69) is 28.2 Å². The van der Waals surface area contributed by atoms with Crippen molar-refractivity contribution >= 4 is 17.4 Å². The van der Waals surface area contributed by atoms with Gasteiger partial charge in [-0.25, -0.2) is 4.98 Å². The third-order valence-corrected chi connectivity index (χ3v) is 5.47. The first-order valence-electron chi connectivity index (χ1n) is 10.3. The van der Waals surface area contributed by atoms with Crippen LogP contribution in [0.4, 0.5) is 11.5 Å². The molecule has 3 aromatic rings. The second-order valence-corrected chi connectivity index (χ2v) is 7.65. The molecule has 1 N–H and O–H groups in total. The lowest BCUT2D eigenvalue weighted by atomic mass is 9.95. The van der Waals surface area contributed by atoms with Crippen LogP contribution in [0.2, 0.25) is 0 Å². The summed E-state index contributed by atoms with van der Waals surface area (Å²) in [5.74, 6) is 0.703. The molecule has 1 aliphatic heterocycles. The van der Waals surface area contributed by atoms with Crippen molar-refractivity contribution in [3.05, 3.63) is 77.5 Å². The van der Waals surface area contributed by atoms with E-state index in [1.807, 2.05) is 49.4 Å². The van der Waals surface area contributed by atoms with Gasteiger partial charge in [-0.05, 0) is 60.9 Å². The molecule has 1 aliphatic rings. The quantitative estimate of drug-likeness (QED) is 0.687. The molecule has 0 spiro atoms. The monoisotopic (exact) mass is 412 g/mol. The number of amides is 1. The lowest BCUT2D eigenvalue weighted by Crippen LogP contribution is -2.41. The molecule has 1 amide bonds. The van der Waals surface area contributed by atoms with Crippen molar-refractivity contribution < 1.29 is 9.53 Å². The van der Waals surface area contributed by atoms with Gasteiger partial charge < -0.3 is 15.0 Å². The van der Waals surface area contributed by atoms with E-state index in [0.717, 1.165) is 35.6 Å². The number of rotatable bonds is 4. The topological polar surface area (TPSA) is 78.2 Å². The Labute approximate surface area is 182 Å². The Morgan fingerprint density at radius 1 is 1.19 bits per heavy atom. The molecular weight excluding hydrogens is 388 g/mol. The molecule has 0 saturated carbocycles. The molecule has 0 bridgehead atoms. The SMILES string of the molecule is Cc1c(C(=O)Nc2ccc(N3CCO[C@H](C)C3)nc2)cccc1-c1ccc(C#N)cc1. The van der Waals surface area contributed by atoms with E-state index < -0.39 is 0 Å². The Kier molecular flexibility index (Phi) is 5.96. The number of nitrogens with zero attached hydrogens (tertiary/aromatic N) is 3. The first-order valence-corrected chi connectivity index (χ1v) is 10.3. The summed E-state index contributed by atoms with van der Waals surface area (Å²) in [6.45, 7) is 6.29. The fourth-order valence-corrected chi connectivity index (χ4v) is 3.79. The maximum Gasteiger partial charge on any atom is 0.255 e. The van der Waals surface area contributed by atoms with Crippen LogP contribution in [0.1, 0.15) is 28.4 Å². The Morgan fingerprint density at radius 3 is 2.68 bits per heavy atom. The number of hydrogen-bond acceptors (Lipinski definition) is 5. The minimum Gasteiger partial charge on any atom is -0.375 e. The molecule has 6 nitrogen and oxygen atoms in total. The Morgan fingerprint density at radius 2 is 2.00 bits per heavy atom. The predicted molar refractivity (Wildman–Crippen MR) is 121 cm³/mol. The van der Waals surface area contributed by atoms with Crippen LogP contribution >= 0.6 is 0 Å². The highest BCUT2D eigenvalue weighted by Crippen LogP contribution is 2.27. The van der Waals surface area contributed by atoms with E-state index in [1.54, 1.807) is 18.3 Å². The lowest BCUT2D eigenvalue weighted by molar-refractivity contribution is 0.0529. The van der Waals surface area contributed by atoms with E-state index >= 15 is 0 Å². The van der Waals surface area contributed by atoms with Crippen LogP contribution in [0.5, 0.6) is 0 Å². The average Bonchev–Trinajstić information content (AvgIpc) is 2.80. The molecule has 2 aromatic carbocycles. The lowest BCUT2D eigenvalue weighted by Gasteiger charge is -2.32. The summed E-state index contributed by atoms with van der Waals surface area (Å²) < 4.78 is 5.58. The van der Waals surface area contributed by atoms with E-state index in [1.165, 1.54) is 0 Å². The van der Waals surface area contributed by atoms with Gasteiger partial charge in [-0.2, -0.15) is 5.26 Å². The maximum atomic E-state index is 12.9. The van der Waals surface area contributed by atoms with Crippen LogP contribution in [-0.4, -0.2) is 36.7 Å². The molecule has 0 radical (unpaired) electrons. The summed E-state index contributed by atoms with van der Waals surface area (Å²) in [4.78, 5) is 19.6. The fraction of sp³-hybridized carbons (Fsp3) is 0.240. The van der Waals surface area contributed by atoms with Gasteiger partial charge in [0.15, 0.2) is 0 Å². The molecule has 1 aromatic heterocycles. The van der Waals surface area contributed by atoms with Crippen molar-refractivity contribution in [2.24, 2.45) is 0 Å². The number of pyridine rings is 1. The fourth-order valence-electron chi connectivity index (χ4n) is 3.79. The van der Waals surface area contributed by atoms with Gasteiger partial charge in [0.2, 0.25) is 0 Å². The first kappa shape index (κ1) is 20.6. The predicted octanol–water partition coefficient (Wildman–Crippen LogP) is 4.41. The third kappa shape index (κ3) is 4.57. The number of benzene rings is 2. The number of hydrogen-bond donors (Lipinski definition) is 1. The smallest absolute Gasteiger partial charge is 0.255 e. The normalized spacial score (nSPS) is 15.9. The van der Waals surface area contributed by atoms with Crippen LogP contribution in [0.3, 0.4) is 0 Å². The Balaban J connectivity index is 1.50. The van der Waals surface area contributed by atoms with Crippen molar-refractivity contribution in [3.8, 4) is 17.2 Å². The molecule has 31 heavy (non-hydrogen) atoms. The molecule has 1 saturated heterocycles. The second-order valence-electron chi connectivity index (χ2n) is 7.65. The molecule has 0 unspecified atom stereocenters. The number of aromatic nitrogens is 1. The van der Waals surface area contributed by atoms with Crippen LogP contribution in [0, 0.1) is 18.3 Å². The molecule has 1 fully saturated rings. The van der Waals surface area contributed by atoms with Gasteiger partial charge >= 0.3 is 0 Å². The van der Waals surface area contributed by atoms with Gasteiger partial charge in [-0.15, -0.1) is 0 Å². The first-order chi connectivity index (χ1) is 15.0. The van der Waals surface area contributed by atoms with Gasteiger partial charge in [0.25, 0.3) is 5.91 Å². The highest BCUT2D eigenvalue weighted by molar-refractivity contribution is 6.06. The van der Waals surface area contributed by atoms with Gasteiger partial charge in [0, 0.05) is 18.7 Å². The van der Waals surface area contributed by atoms with Crippen molar-refractivity contribution in [1.82, 2.24) is 4.98 Å². The van der Waals surface area contributed by atoms with Crippen LogP contribution in [0.25, 0.3) is 11.1 Å². The summed E-state index contributed by atoms with van der Waals surface area (Å²) in [5, 5.41) is 11.9. The molecule has 0 aliphatic carbocycles. The van der Waals surface area contributed by atoms with E-state index in [0.29, 0.717) is 23.4 Å². The van der Waals surface area contributed by atoms with Crippen LogP contribution < -0.4 is 10.2 Å². The van der Waals surface area contributed by atoms with Crippen LogP contribution in [-0.2, 0) is 4.74 Å². The van der Waals surface area contributed by atoms with Crippen molar-refractivity contribution in [2.45, 2.75) is 20.0 Å². The number of nitriles is 1. The van der Waals surface area contributed by atoms with Gasteiger partial charge in [0.1, 0.15) is 5.82 Å². The highest BCUT2D eigenvalue weighted by atomic mass is 16.5.